The number of aliphatic hydroxyl groups excluding tert-OH is 1. The van der Waals surface area contributed by atoms with E-state index in [2.05, 4.69) is 5.32 Å². The maximum absolute atomic E-state index is 11.6. The van der Waals surface area contributed by atoms with Crippen molar-refractivity contribution in [3.05, 3.63) is 54.0 Å². The lowest BCUT2D eigenvalue weighted by Crippen LogP contribution is -2.32. The Bertz CT molecular complexity index is 631. The van der Waals surface area contributed by atoms with Gasteiger partial charge in [0.15, 0.2) is 6.61 Å². The van der Waals surface area contributed by atoms with Gasteiger partial charge in [-0.05, 0) is 24.3 Å². The lowest BCUT2D eigenvalue weighted by atomic mass is 10.2. The monoisotopic (exact) mass is 286 g/mol. The fourth-order valence-corrected chi connectivity index (χ4v) is 1.67. The molecule has 1 heterocycles. The second kappa shape index (κ2) is 7.12. The summed E-state index contributed by atoms with van der Waals surface area (Å²) in [5.41, 5.74) is 0.362. The van der Waals surface area contributed by atoms with Crippen LogP contribution >= 0.6 is 0 Å². The third-order valence-corrected chi connectivity index (χ3v) is 2.73. The molecule has 0 fully saturated rings. The van der Waals surface area contributed by atoms with Gasteiger partial charge in [-0.3, -0.25) is 4.79 Å². The predicted molar refractivity (Wildman–Crippen MR) is 73.3 cm³/mol. The number of nitriles is 1. The molecular formula is C15H14N2O4. The van der Waals surface area contributed by atoms with Crippen LogP contribution in [0.4, 0.5) is 0 Å². The normalized spacial score (nSPS) is 11.4. The molecule has 1 aromatic carbocycles. The number of nitrogens with zero attached hydrogens (tertiary/aromatic N) is 1. The maximum Gasteiger partial charge on any atom is 0.258 e. The fraction of sp³-hybridized carbons (Fsp3) is 0.200. The van der Waals surface area contributed by atoms with Crippen LogP contribution in [0.2, 0.25) is 0 Å². The summed E-state index contributed by atoms with van der Waals surface area (Å²) in [7, 11) is 0. The number of furan rings is 1. The molecule has 0 bridgehead atoms. The van der Waals surface area contributed by atoms with Gasteiger partial charge in [0.05, 0.1) is 18.4 Å². The summed E-state index contributed by atoms with van der Waals surface area (Å²) in [6, 6.07) is 11.9. The van der Waals surface area contributed by atoms with E-state index in [0.717, 1.165) is 0 Å². The number of ether oxygens (including phenoxy) is 1. The molecule has 6 nitrogen and oxygen atoms in total. The second-order valence-electron chi connectivity index (χ2n) is 4.23. The molecule has 2 aromatic rings. The summed E-state index contributed by atoms with van der Waals surface area (Å²) in [5, 5.41) is 21.1. The molecule has 0 radical (unpaired) electrons. The molecule has 0 aliphatic heterocycles. The number of carbonyl (C=O) groups excluding carboxylic acids is 1. The number of hydrogen-bond donors (Lipinski definition) is 2. The van der Waals surface area contributed by atoms with Gasteiger partial charge in [-0.15, -0.1) is 0 Å². The largest absolute Gasteiger partial charge is 0.482 e. The highest BCUT2D eigenvalue weighted by Gasteiger charge is 2.12. The first-order chi connectivity index (χ1) is 10.2. The van der Waals surface area contributed by atoms with E-state index in [1.165, 1.54) is 6.26 Å². The number of rotatable bonds is 6. The molecule has 6 heteroatoms. The number of amides is 1. The van der Waals surface area contributed by atoms with Crippen molar-refractivity contribution in [1.29, 1.82) is 5.26 Å². The van der Waals surface area contributed by atoms with Crippen molar-refractivity contribution >= 4 is 5.91 Å². The molecule has 0 aliphatic rings. The lowest BCUT2D eigenvalue weighted by molar-refractivity contribution is -0.123. The van der Waals surface area contributed by atoms with E-state index in [9.17, 15) is 9.90 Å². The average molecular weight is 286 g/mol. The number of nitrogens with one attached hydrogen (secondary N) is 1. The van der Waals surface area contributed by atoms with Gasteiger partial charge in [0, 0.05) is 0 Å². The van der Waals surface area contributed by atoms with Crippen LogP contribution < -0.4 is 10.1 Å². The Hall–Kier alpha value is -2.78. The molecule has 2 rings (SSSR count). The molecule has 0 saturated heterocycles. The number of benzene rings is 1. The number of hydrogen-bond acceptors (Lipinski definition) is 5. The van der Waals surface area contributed by atoms with Crippen LogP contribution in [0.25, 0.3) is 0 Å². The van der Waals surface area contributed by atoms with E-state index in [0.29, 0.717) is 17.1 Å². The summed E-state index contributed by atoms with van der Waals surface area (Å²) < 4.78 is 10.3. The first-order valence-corrected chi connectivity index (χ1v) is 6.31. The molecule has 2 N–H and O–H groups in total. The molecule has 0 aliphatic carbocycles. The van der Waals surface area contributed by atoms with Gasteiger partial charge in [-0.2, -0.15) is 5.26 Å². The van der Waals surface area contributed by atoms with E-state index in [4.69, 9.17) is 14.4 Å². The summed E-state index contributed by atoms with van der Waals surface area (Å²) in [5.74, 6) is 0.334. The highest BCUT2D eigenvalue weighted by molar-refractivity contribution is 5.77. The number of aliphatic hydroxyl groups is 1. The van der Waals surface area contributed by atoms with E-state index in [1.54, 1.807) is 36.4 Å². The highest BCUT2D eigenvalue weighted by Crippen LogP contribution is 2.16. The molecule has 1 amide bonds. The Morgan fingerprint density at radius 3 is 2.90 bits per heavy atom. The first kappa shape index (κ1) is 14.6. The van der Waals surface area contributed by atoms with E-state index >= 15 is 0 Å². The van der Waals surface area contributed by atoms with Crippen molar-refractivity contribution in [2.75, 3.05) is 13.2 Å². The Morgan fingerprint density at radius 1 is 1.38 bits per heavy atom. The van der Waals surface area contributed by atoms with Crippen LogP contribution in [0, 0.1) is 11.3 Å². The fourth-order valence-electron chi connectivity index (χ4n) is 1.67. The van der Waals surface area contributed by atoms with Crippen molar-refractivity contribution in [2.24, 2.45) is 0 Å². The predicted octanol–water partition coefficient (Wildman–Crippen LogP) is 1.38. The van der Waals surface area contributed by atoms with Crippen LogP contribution in [-0.2, 0) is 4.79 Å². The molecular weight excluding hydrogens is 272 g/mol. The zero-order valence-electron chi connectivity index (χ0n) is 11.2. The van der Waals surface area contributed by atoms with Gasteiger partial charge >= 0.3 is 0 Å². The Labute approximate surface area is 121 Å². The molecule has 1 aromatic heterocycles. The molecule has 1 atom stereocenters. The standard InChI is InChI=1S/C15H14N2O4/c16-8-11-4-1-2-5-13(11)21-10-15(19)17-9-12(18)14-6-3-7-20-14/h1-7,12,18H,9-10H2,(H,17,19). The molecule has 108 valence electrons. The van der Waals surface area contributed by atoms with Crippen molar-refractivity contribution in [3.8, 4) is 11.8 Å². The van der Waals surface area contributed by atoms with Crippen molar-refractivity contribution in [1.82, 2.24) is 5.32 Å². The highest BCUT2D eigenvalue weighted by atomic mass is 16.5. The van der Waals surface area contributed by atoms with Gasteiger partial charge in [0.1, 0.15) is 23.7 Å². The van der Waals surface area contributed by atoms with Gasteiger partial charge < -0.3 is 19.6 Å². The van der Waals surface area contributed by atoms with Gasteiger partial charge in [0.2, 0.25) is 0 Å². The SMILES string of the molecule is N#Cc1ccccc1OCC(=O)NCC(O)c1ccco1. The Kier molecular flexibility index (Phi) is 4.96. The van der Waals surface area contributed by atoms with Crippen LogP contribution in [0.5, 0.6) is 5.75 Å². The Morgan fingerprint density at radius 2 is 2.19 bits per heavy atom. The van der Waals surface area contributed by atoms with Gasteiger partial charge in [-0.25, -0.2) is 0 Å². The number of para-hydroxylation sites is 1. The first-order valence-electron chi connectivity index (χ1n) is 6.31. The van der Waals surface area contributed by atoms with Crippen LogP contribution in [0.3, 0.4) is 0 Å². The van der Waals surface area contributed by atoms with Crippen LogP contribution in [0.15, 0.2) is 47.1 Å². The van der Waals surface area contributed by atoms with Crippen molar-refractivity contribution in [2.45, 2.75) is 6.10 Å². The van der Waals surface area contributed by atoms with Gasteiger partial charge in [-0.1, -0.05) is 12.1 Å². The van der Waals surface area contributed by atoms with E-state index in [-0.39, 0.29) is 13.2 Å². The summed E-state index contributed by atoms with van der Waals surface area (Å²) in [6.07, 6.45) is 0.540. The van der Waals surface area contributed by atoms with Crippen molar-refractivity contribution in [3.63, 3.8) is 0 Å². The van der Waals surface area contributed by atoms with Crippen LogP contribution in [-0.4, -0.2) is 24.2 Å². The zero-order valence-corrected chi connectivity index (χ0v) is 11.2. The van der Waals surface area contributed by atoms with Gasteiger partial charge in [0.25, 0.3) is 5.91 Å². The average Bonchev–Trinajstić information content (AvgIpc) is 3.05. The molecule has 1 unspecified atom stereocenters. The van der Waals surface area contributed by atoms with Crippen molar-refractivity contribution < 1.29 is 19.1 Å². The van der Waals surface area contributed by atoms with Crippen LogP contribution in [0.1, 0.15) is 17.4 Å². The molecule has 0 saturated carbocycles. The minimum absolute atomic E-state index is 0.0234. The second-order valence-corrected chi connectivity index (χ2v) is 4.23. The Balaban J connectivity index is 1.79. The summed E-state index contributed by atoms with van der Waals surface area (Å²) in [4.78, 5) is 11.6. The van der Waals surface area contributed by atoms with E-state index < -0.39 is 12.0 Å². The summed E-state index contributed by atoms with van der Waals surface area (Å²) >= 11 is 0. The molecule has 21 heavy (non-hydrogen) atoms. The summed E-state index contributed by atoms with van der Waals surface area (Å²) in [6.45, 7) is -0.209. The lowest BCUT2D eigenvalue weighted by Gasteiger charge is -2.11. The van der Waals surface area contributed by atoms with E-state index in [1.807, 2.05) is 6.07 Å². The maximum atomic E-state index is 11.6. The molecule has 0 spiro atoms. The quantitative estimate of drug-likeness (QED) is 0.836. The smallest absolute Gasteiger partial charge is 0.258 e. The minimum Gasteiger partial charge on any atom is -0.482 e. The zero-order chi connectivity index (χ0) is 15.1. The minimum atomic E-state index is -0.907. The third-order valence-electron chi connectivity index (χ3n) is 2.73. The number of carbonyl (C=O) groups is 1. The third kappa shape index (κ3) is 4.09. The topological polar surface area (TPSA) is 95.5 Å².